The summed E-state index contributed by atoms with van der Waals surface area (Å²) in [5, 5.41) is 3.18. The maximum Gasteiger partial charge on any atom is 0.244 e. The van der Waals surface area contributed by atoms with Gasteiger partial charge in [0.05, 0.1) is 6.54 Å². The predicted octanol–water partition coefficient (Wildman–Crippen LogP) is 1.77. The second-order valence-corrected chi connectivity index (χ2v) is 6.27. The SMILES string of the molecule is CCCNCc1cc(S(=O)(=O)NC(C)C)c(C)o1. The van der Waals surface area contributed by atoms with Gasteiger partial charge in [-0.05, 0) is 33.7 Å². The van der Waals surface area contributed by atoms with Crippen LogP contribution in [0.25, 0.3) is 0 Å². The molecule has 6 heteroatoms. The first-order valence-corrected chi connectivity index (χ1v) is 7.67. The molecule has 0 unspecified atom stereocenters. The van der Waals surface area contributed by atoms with Gasteiger partial charge in [0, 0.05) is 12.1 Å². The first kappa shape index (κ1) is 15.2. The zero-order chi connectivity index (χ0) is 13.8. The zero-order valence-electron chi connectivity index (χ0n) is 11.4. The molecule has 0 fully saturated rings. The van der Waals surface area contributed by atoms with Gasteiger partial charge in [0.25, 0.3) is 0 Å². The van der Waals surface area contributed by atoms with E-state index in [1.165, 1.54) is 0 Å². The predicted molar refractivity (Wildman–Crippen MR) is 70.9 cm³/mol. The molecular weight excluding hydrogens is 252 g/mol. The van der Waals surface area contributed by atoms with Gasteiger partial charge in [0.1, 0.15) is 16.4 Å². The van der Waals surface area contributed by atoms with Gasteiger partial charge in [-0.15, -0.1) is 0 Å². The monoisotopic (exact) mass is 274 g/mol. The maximum absolute atomic E-state index is 12.0. The lowest BCUT2D eigenvalue weighted by Crippen LogP contribution is -2.30. The fourth-order valence-corrected chi connectivity index (χ4v) is 3.09. The second-order valence-electron chi connectivity index (χ2n) is 4.59. The summed E-state index contributed by atoms with van der Waals surface area (Å²) in [5.41, 5.74) is 0. The highest BCUT2D eigenvalue weighted by Gasteiger charge is 2.21. The third kappa shape index (κ3) is 4.12. The summed E-state index contributed by atoms with van der Waals surface area (Å²) in [4.78, 5) is 0.226. The van der Waals surface area contributed by atoms with Crippen molar-refractivity contribution in [1.82, 2.24) is 10.0 Å². The van der Waals surface area contributed by atoms with Crippen LogP contribution in [0, 0.1) is 6.92 Å². The van der Waals surface area contributed by atoms with Crippen LogP contribution in [-0.2, 0) is 16.6 Å². The highest BCUT2D eigenvalue weighted by atomic mass is 32.2. The average molecular weight is 274 g/mol. The molecule has 18 heavy (non-hydrogen) atoms. The molecule has 1 aromatic heterocycles. The van der Waals surface area contributed by atoms with Crippen molar-refractivity contribution < 1.29 is 12.8 Å². The van der Waals surface area contributed by atoms with Crippen LogP contribution in [0.1, 0.15) is 38.7 Å². The third-order valence-corrected chi connectivity index (χ3v) is 4.10. The van der Waals surface area contributed by atoms with Crippen molar-refractivity contribution in [2.24, 2.45) is 0 Å². The van der Waals surface area contributed by atoms with Crippen molar-refractivity contribution in [3.63, 3.8) is 0 Å². The highest BCUT2D eigenvalue weighted by molar-refractivity contribution is 7.89. The fraction of sp³-hybridized carbons (Fsp3) is 0.667. The Morgan fingerprint density at radius 2 is 2.06 bits per heavy atom. The molecule has 0 aliphatic carbocycles. The van der Waals surface area contributed by atoms with Crippen LogP contribution >= 0.6 is 0 Å². The van der Waals surface area contributed by atoms with Crippen molar-refractivity contribution in [2.75, 3.05) is 6.54 Å². The molecule has 104 valence electrons. The van der Waals surface area contributed by atoms with E-state index in [1.54, 1.807) is 26.8 Å². The minimum atomic E-state index is -3.47. The molecule has 0 saturated heterocycles. The number of rotatable bonds is 7. The Hall–Kier alpha value is -0.850. The molecule has 0 spiro atoms. The molecule has 0 bridgehead atoms. The number of nitrogens with one attached hydrogen (secondary N) is 2. The summed E-state index contributed by atoms with van der Waals surface area (Å²) in [7, 11) is -3.47. The van der Waals surface area contributed by atoms with Crippen LogP contribution in [0.3, 0.4) is 0 Å². The number of sulfonamides is 1. The van der Waals surface area contributed by atoms with Crippen molar-refractivity contribution in [2.45, 2.75) is 51.6 Å². The summed E-state index contributed by atoms with van der Waals surface area (Å²) in [6.45, 7) is 8.74. The normalized spacial score (nSPS) is 12.3. The third-order valence-electron chi connectivity index (χ3n) is 2.33. The molecule has 0 aliphatic rings. The molecule has 1 aromatic rings. The van der Waals surface area contributed by atoms with Gasteiger partial charge in [-0.25, -0.2) is 13.1 Å². The van der Waals surface area contributed by atoms with E-state index < -0.39 is 10.0 Å². The van der Waals surface area contributed by atoms with Gasteiger partial charge in [-0.1, -0.05) is 6.92 Å². The van der Waals surface area contributed by atoms with Crippen molar-refractivity contribution in [3.8, 4) is 0 Å². The van der Waals surface area contributed by atoms with Gasteiger partial charge in [0.15, 0.2) is 0 Å². The van der Waals surface area contributed by atoms with Crippen LogP contribution in [0.2, 0.25) is 0 Å². The molecule has 1 rings (SSSR count). The zero-order valence-corrected chi connectivity index (χ0v) is 12.2. The van der Waals surface area contributed by atoms with Crippen LogP contribution in [-0.4, -0.2) is 21.0 Å². The number of furan rings is 1. The number of hydrogen-bond acceptors (Lipinski definition) is 4. The molecule has 0 aliphatic heterocycles. The van der Waals surface area contributed by atoms with E-state index in [4.69, 9.17) is 4.42 Å². The van der Waals surface area contributed by atoms with Crippen LogP contribution in [0.5, 0.6) is 0 Å². The Labute approximate surface area is 109 Å². The van der Waals surface area contributed by atoms with Gasteiger partial charge in [-0.3, -0.25) is 0 Å². The smallest absolute Gasteiger partial charge is 0.244 e. The summed E-state index contributed by atoms with van der Waals surface area (Å²) < 4.78 is 32.0. The molecule has 1 heterocycles. The van der Waals surface area contributed by atoms with Crippen molar-refractivity contribution in [1.29, 1.82) is 0 Å². The topological polar surface area (TPSA) is 71.3 Å². The van der Waals surface area contributed by atoms with Crippen LogP contribution in [0.15, 0.2) is 15.4 Å². The summed E-state index contributed by atoms with van der Waals surface area (Å²) in [6, 6.07) is 1.45. The Bertz CT molecular complexity index is 478. The van der Waals surface area contributed by atoms with E-state index in [9.17, 15) is 8.42 Å². The second kappa shape index (κ2) is 6.36. The minimum Gasteiger partial charge on any atom is -0.464 e. The molecule has 0 atom stereocenters. The standard InChI is InChI=1S/C12H22N2O3S/c1-5-6-13-8-11-7-12(10(4)17-11)18(15,16)14-9(2)3/h7,9,13-14H,5-6,8H2,1-4H3. The fourth-order valence-electron chi connectivity index (χ4n) is 1.64. The van der Waals surface area contributed by atoms with E-state index in [0.717, 1.165) is 13.0 Å². The molecular formula is C12H22N2O3S. The van der Waals surface area contributed by atoms with E-state index in [2.05, 4.69) is 17.0 Å². The largest absolute Gasteiger partial charge is 0.464 e. The van der Waals surface area contributed by atoms with Crippen LogP contribution < -0.4 is 10.0 Å². The quantitative estimate of drug-likeness (QED) is 0.743. The van der Waals surface area contributed by atoms with E-state index in [0.29, 0.717) is 18.1 Å². The molecule has 0 saturated carbocycles. The minimum absolute atomic E-state index is 0.133. The Balaban J connectivity index is 2.84. The van der Waals surface area contributed by atoms with Gasteiger partial charge in [0.2, 0.25) is 10.0 Å². The lowest BCUT2D eigenvalue weighted by Gasteiger charge is -2.07. The molecule has 2 N–H and O–H groups in total. The maximum atomic E-state index is 12.0. The van der Waals surface area contributed by atoms with Crippen molar-refractivity contribution in [3.05, 3.63) is 17.6 Å². The van der Waals surface area contributed by atoms with Crippen molar-refractivity contribution >= 4 is 10.0 Å². The lowest BCUT2D eigenvalue weighted by atomic mass is 10.4. The summed E-state index contributed by atoms with van der Waals surface area (Å²) in [6.07, 6.45) is 1.03. The molecule has 0 amide bonds. The summed E-state index contributed by atoms with van der Waals surface area (Å²) >= 11 is 0. The first-order chi connectivity index (χ1) is 8.36. The average Bonchev–Trinajstić information content (AvgIpc) is 2.59. The van der Waals surface area contributed by atoms with Gasteiger partial charge >= 0.3 is 0 Å². The first-order valence-electron chi connectivity index (χ1n) is 6.19. The van der Waals surface area contributed by atoms with E-state index in [-0.39, 0.29) is 10.9 Å². The van der Waals surface area contributed by atoms with Crippen LogP contribution in [0.4, 0.5) is 0 Å². The summed E-state index contributed by atoms with van der Waals surface area (Å²) in [5.74, 6) is 1.07. The molecule has 5 nitrogen and oxygen atoms in total. The Morgan fingerprint density at radius 3 is 2.61 bits per heavy atom. The van der Waals surface area contributed by atoms with E-state index in [1.807, 2.05) is 0 Å². The Morgan fingerprint density at radius 1 is 1.39 bits per heavy atom. The molecule has 0 aromatic carbocycles. The lowest BCUT2D eigenvalue weighted by molar-refractivity contribution is 0.457. The number of hydrogen-bond donors (Lipinski definition) is 2. The number of aryl methyl sites for hydroxylation is 1. The van der Waals surface area contributed by atoms with E-state index >= 15 is 0 Å². The van der Waals surface area contributed by atoms with Gasteiger partial charge in [-0.2, -0.15) is 0 Å². The Kier molecular flexibility index (Phi) is 5.37. The highest BCUT2D eigenvalue weighted by Crippen LogP contribution is 2.20. The van der Waals surface area contributed by atoms with Gasteiger partial charge < -0.3 is 9.73 Å². The molecule has 0 radical (unpaired) electrons.